The third-order valence-corrected chi connectivity index (χ3v) is 4.33. The van der Waals surface area contributed by atoms with Gasteiger partial charge in [0.15, 0.2) is 5.69 Å². The van der Waals surface area contributed by atoms with Gasteiger partial charge in [-0.1, -0.05) is 15.9 Å². The highest BCUT2D eigenvalue weighted by molar-refractivity contribution is 9.10. The number of hydrogen-bond acceptors (Lipinski definition) is 3. The molecule has 0 unspecified atom stereocenters. The van der Waals surface area contributed by atoms with Crippen molar-refractivity contribution < 1.29 is 4.79 Å². The highest BCUT2D eigenvalue weighted by Gasteiger charge is 2.21. The predicted octanol–water partition coefficient (Wildman–Crippen LogP) is 2.38. The molecule has 1 amide bonds. The van der Waals surface area contributed by atoms with E-state index in [0.29, 0.717) is 12.2 Å². The number of carbonyl (C=O) groups is 1. The first kappa shape index (κ1) is 13.3. The van der Waals surface area contributed by atoms with Crippen molar-refractivity contribution in [2.24, 2.45) is 0 Å². The third kappa shape index (κ3) is 2.48. The summed E-state index contributed by atoms with van der Waals surface area (Å²) >= 11 is 3.45. The molecule has 0 aliphatic carbocycles. The van der Waals surface area contributed by atoms with Crippen LogP contribution in [0.5, 0.6) is 0 Å². The van der Waals surface area contributed by atoms with Crippen molar-refractivity contribution in [2.45, 2.75) is 19.9 Å². The summed E-state index contributed by atoms with van der Waals surface area (Å²) in [6.07, 6.45) is 0.882. The minimum atomic E-state index is -0.173. The maximum Gasteiger partial charge on any atom is 0.276 e. The molecule has 104 valence electrons. The van der Waals surface area contributed by atoms with Crippen LogP contribution in [-0.2, 0) is 13.0 Å². The average molecular weight is 335 g/mol. The van der Waals surface area contributed by atoms with Gasteiger partial charge in [-0.25, -0.2) is 0 Å². The topological polar surface area (TPSA) is 69.8 Å². The van der Waals surface area contributed by atoms with E-state index in [0.717, 1.165) is 39.9 Å². The number of nitrogens with zero attached hydrogens (tertiary/aromatic N) is 1. The largest absolute Gasteiger partial charge is 0.321 e. The van der Waals surface area contributed by atoms with E-state index in [9.17, 15) is 4.79 Å². The average Bonchev–Trinajstić information content (AvgIpc) is 2.87. The van der Waals surface area contributed by atoms with Crippen LogP contribution >= 0.6 is 15.9 Å². The molecule has 0 bridgehead atoms. The fraction of sp³-hybridized carbons (Fsp3) is 0.286. The molecule has 3 rings (SSSR count). The highest BCUT2D eigenvalue weighted by Crippen LogP contribution is 2.21. The second-order valence-electron chi connectivity index (χ2n) is 4.87. The molecule has 1 aromatic heterocycles. The van der Waals surface area contributed by atoms with Crippen LogP contribution in [0.15, 0.2) is 22.7 Å². The summed E-state index contributed by atoms with van der Waals surface area (Å²) in [5.74, 6) is -0.173. The number of aryl methyl sites for hydroxylation is 1. The third-order valence-electron chi connectivity index (χ3n) is 3.44. The van der Waals surface area contributed by atoms with Crippen molar-refractivity contribution in [1.29, 1.82) is 0 Å². The van der Waals surface area contributed by atoms with E-state index in [1.807, 2.05) is 25.1 Å². The molecule has 5 nitrogen and oxygen atoms in total. The maximum atomic E-state index is 12.3. The number of nitrogens with one attached hydrogen (secondary N) is 3. The van der Waals surface area contributed by atoms with Gasteiger partial charge in [-0.05, 0) is 30.7 Å². The summed E-state index contributed by atoms with van der Waals surface area (Å²) in [7, 11) is 0. The summed E-state index contributed by atoms with van der Waals surface area (Å²) in [5, 5.41) is 13.3. The zero-order valence-electron chi connectivity index (χ0n) is 11.1. The van der Waals surface area contributed by atoms with E-state index < -0.39 is 0 Å². The van der Waals surface area contributed by atoms with E-state index >= 15 is 0 Å². The summed E-state index contributed by atoms with van der Waals surface area (Å²) in [5.41, 5.74) is 4.36. The Labute approximate surface area is 125 Å². The quantitative estimate of drug-likeness (QED) is 0.789. The van der Waals surface area contributed by atoms with Crippen molar-refractivity contribution in [2.75, 3.05) is 11.9 Å². The van der Waals surface area contributed by atoms with Gasteiger partial charge >= 0.3 is 0 Å². The molecule has 6 heteroatoms. The lowest BCUT2D eigenvalue weighted by molar-refractivity contribution is 0.102. The van der Waals surface area contributed by atoms with E-state index in [-0.39, 0.29) is 5.91 Å². The van der Waals surface area contributed by atoms with E-state index in [1.54, 1.807) is 0 Å². The Kier molecular flexibility index (Phi) is 3.58. The lowest BCUT2D eigenvalue weighted by Crippen LogP contribution is -2.25. The van der Waals surface area contributed by atoms with Crippen molar-refractivity contribution >= 4 is 27.5 Å². The van der Waals surface area contributed by atoms with Gasteiger partial charge in [-0.15, -0.1) is 0 Å². The Morgan fingerprint density at radius 1 is 1.45 bits per heavy atom. The number of H-pyrrole nitrogens is 1. The minimum absolute atomic E-state index is 0.173. The van der Waals surface area contributed by atoms with E-state index in [4.69, 9.17) is 0 Å². The van der Waals surface area contributed by atoms with Crippen molar-refractivity contribution in [1.82, 2.24) is 15.5 Å². The fourth-order valence-corrected chi connectivity index (χ4v) is 2.57. The number of carbonyl (C=O) groups excluding carboxylic acids is 1. The summed E-state index contributed by atoms with van der Waals surface area (Å²) in [6, 6.07) is 5.72. The number of amides is 1. The van der Waals surface area contributed by atoms with Crippen LogP contribution in [0.25, 0.3) is 0 Å². The summed E-state index contributed by atoms with van der Waals surface area (Å²) < 4.78 is 1.02. The molecule has 1 aliphatic heterocycles. The number of rotatable bonds is 2. The van der Waals surface area contributed by atoms with Crippen LogP contribution in [-0.4, -0.2) is 22.6 Å². The molecule has 1 aliphatic rings. The molecular weight excluding hydrogens is 320 g/mol. The normalized spacial score (nSPS) is 13.9. The first-order chi connectivity index (χ1) is 9.65. The van der Waals surface area contributed by atoms with Crippen molar-refractivity contribution in [3.63, 3.8) is 0 Å². The highest BCUT2D eigenvalue weighted by atomic mass is 79.9. The smallest absolute Gasteiger partial charge is 0.276 e. The van der Waals surface area contributed by atoms with Crippen molar-refractivity contribution in [3.05, 3.63) is 45.2 Å². The van der Waals surface area contributed by atoms with E-state index in [2.05, 4.69) is 36.8 Å². The predicted molar refractivity (Wildman–Crippen MR) is 80.8 cm³/mol. The number of aromatic nitrogens is 2. The van der Waals surface area contributed by atoms with Crippen LogP contribution in [0.3, 0.4) is 0 Å². The Bertz CT molecular complexity index is 665. The van der Waals surface area contributed by atoms with Gasteiger partial charge < -0.3 is 10.6 Å². The van der Waals surface area contributed by atoms with Crippen LogP contribution in [0.1, 0.15) is 27.3 Å². The number of benzene rings is 1. The van der Waals surface area contributed by atoms with Gasteiger partial charge in [0.05, 0.1) is 0 Å². The zero-order chi connectivity index (χ0) is 14.1. The van der Waals surface area contributed by atoms with Gasteiger partial charge in [0.2, 0.25) is 0 Å². The number of fused-ring (bicyclic) bond motifs is 1. The first-order valence-corrected chi connectivity index (χ1v) is 7.29. The summed E-state index contributed by atoms with van der Waals surface area (Å²) in [6.45, 7) is 3.59. The lowest BCUT2D eigenvalue weighted by atomic mass is 10.1. The molecule has 0 spiro atoms. The Balaban J connectivity index is 1.82. The van der Waals surface area contributed by atoms with Crippen LogP contribution < -0.4 is 10.6 Å². The monoisotopic (exact) mass is 334 g/mol. The van der Waals surface area contributed by atoms with Gasteiger partial charge in [0, 0.05) is 40.9 Å². The number of hydrogen-bond donors (Lipinski definition) is 3. The molecule has 2 aromatic rings. The molecule has 2 heterocycles. The zero-order valence-corrected chi connectivity index (χ0v) is 12.7. The lowest BCUT2D eigenvalue weighted by Gasteiger charge is -2.13. The Morgan fingerprint density at radius 3 is 3.10 bits per heavy atom. The van der Waals surface area contributed by atoms with Gasteiger partial charge in [-0.2, -0.15) is 5.10 Å². The Morgan fingerprint density at radius 2 is 2.30 bits per heavy atom. The first-order valence-electron chi connectivity index (χ1n) is 6.49. The SMILES string of the molecule is Cc1cc(NC(=O)c2n[nH]c3c2CNCC3)ccc1Br. The molecule has 0 saturated carbocycles. The molecule has 0 radical (unpaired) electrons. The van der Waals surface area contributed by atoms with Gasteiger partial charge in [-0.3, -0.25) is 9.89 Å². The van der Waals surface area contributed by atoms with Crippen LogP contribution in [0, 0.1) is 6.92 Å². The van der Waals surface area contributed by atoms with Crippen molar-refractivity contribution in [3.8, 4) is 0 Å². The van der Waals surface area contributed by atoms with Crippen LogP contribution in [0.2, 0.25) is 0 Å². The molecule has 20 heavy (non-hydrogen) atoms. The fourth-order valence-electron chi connectivity index (χ4n) is 2.33. The molecule has 1 aromatic carbocycles. The number of aromatic amines is 1. The minimum Gasteiger partial charge on any atom is -0.321 e. The second-order valence-corrected chi connectivity index (χ2v) is 5.73. The second kappa shape index (κ2) is 5.38. The molecule has 0 atom stereocenters. The molecule has 0 saturated heterocycles. The van der Waals surface area contributed by atoms with E-state index in [1.165, 1.54) is 0 Å². The number of halogens is 1. The Hall–Kier alpha value is -1.66. The number of anilines is 1. The molecule has 0 fully saturated rings. The van der Waals surface area contributed by atoms with Gasteiger partial charge in [0.25, 0.3) is 5.91 Å². The molecule has 3 N–H and O–H groups in total. The molecular formula is C14H15BrN4O. The van der Waals surface area contributed by atoms with Gasteiger partial charge in [0.1, 0.15) is 0 Å². The maximum absolute atomic E-state index is 12.3. The van der Waals surface area contributed by atoms with Crippen LogP contribution in [0.4, 0.5) is 5.69 Å². The summed E-state index contributed by atoms with van der Waals surface area (Å²) in [4.78, 5) is 12.3. The standard InChI is InChI=1S/C14H15BrN4O/c1-8-6-9(2-3-11(8)15)17-14(20)13-10-7-16-5-4-12(10)18-19-13/h2-3,6,16H,4-5,7H2,1H3,(H,17,20)(H,18,19).